The summed E-state index contributed by atoms with van der Waals surface area (Å²) in [7, 11) is 0. The van der Waals surface area contributed by atoms with Gasteiger partial charge < -0.3 is 9.88 Å². The van der Waals surface area contributed by atoms with Crippen molar-refractivity contribution in [1.82, 2.24) is 14.9 Å². The van der Waals surface area contributed by atoms with Gasteiger partial charge in [0.1, 0.15) is 0 Å². The third-order valence-electron chi connectivity index (χ3n) is 4.90. The molecule has 5 nitrogen and oxygen atoms in total. The fourth-order valence-corrected chi connectivity index (χ4v) is 3.50. The van der Waals surface area contributed by atoms with Crippen LogP contribution in [0.5, 0.6) is 0 Å². The van der Waals surface area contributed by atoms with Gasteiger partial charge in [-0.05, 0) is 11.1 Å². The lowest BCUT2D eigenvalue weighted by atomic mass is 10.0. The van der Waals surface area contributed by atoms with Crippen LogP contribution in [-0.2, 0) is 29.0 Å². The minimum absolute atomic E-state index is 0.0223. The summed E-state index contributed by atoms with van der Waals surface area (Å²) in [4.78, 5) is 28.4. The Labute approximate surface area is 158 Å². The minimum Gasteiger partial charge on any atom is -0.345 e. The van der Waals surface area contributed by atoms with Gasteiger partial charge in [0.05, 0.1) is 24.5 Å². The average molecular weight is 359 g/mol. The maximum Gasteiger partial charge on any atom is 0.228 e. The first-order chi connectivity index (χ1) is 13.2. The summed E-state index contributed by atoms with van der Waals surface area (Å²) in [5.74, 6) is -0.234. The number of imidazole rings is 1. The van der Waals surface area contributed by atoms with E-state index in [4.69, 9.17) is 0 Å². The molecule has 2 aromatic carbocycles. The van der Waals surface area contributed by atoms with Crippen molar-refractivity contribution in [2.45, 2.75) is 31.8 Å². The second-order valence-electron chi connectivity index (χ2n) is 6.88. The van der Waals surface area contributed by atoms with Crippen molar-refractivity contribution in [2.75, 3.05) is 0 Å². The molecule has 5 heteroatoms. The molecule has 136 valence electrons. The highest BCUT2D eigenvalue weighted by Crippen LogP contribution is 2.19. The molecule has 0 saturated carbocycles. The van der Waals surface area contributed by atoms with Gasteiger partial charge in [-0.1, -0.05) is 60.7 Å². The Balaban J connectivity index is 1.64. The number of aromatic nitrogens is 2. The van der Waals surface area contributed by atoms with Crippen LogP contribution in [0.2, 0.25) is 0 Å². The van der Waals surface area contributed by atoms with E-state index in [0.29, 0.717) is 19.4 Å². The maximum absolute atomic E-state index is 12.1. The molecule has 0 aliphatic carbocycles. The van der Waals surface area contributed by atoms with Gasteiger partial charge in [-0.2, -0.15) is 0 Å². The smallest absolute Gasteiger partial charge is 0.228 e. The molecular weight excluding hydrogens is 338 g/mol. The minimum atomic E-state index is -0.460. The zero-order valence-electron chi connectivity index (χ0n) is 15.0. The highest BCUT2D eigenvalue weighted by molar-refractivity contribution is 6.07. The van der Waals surface area contributed by atoms with E-state index in [0.717, 1.165) is 11.4 Å². The summed E-state index contributed by atoms with van der Waals surface area (Å²) < 4.78 is 2.09. The molecule has 1 aliphatic rings. The van der Waals surface area contributed by atoms with Gasteiger partial charge in [-0.25, -0.2) is 4.98 Å². The average Bonchev–Trinajstić information content (AvgIpc) is 3.20. The standard InChI is InChI=1S/C22H21N3O2/c26-21-13-22(27)24-19(21)12-20-18(11-16-7-3-1-4-8-16)23-15-25(20)14-17-9-5-2-6-10-17/h1-10,15,19H,11-14H2,(H,24,27). The molecule has 1 atom stereocenters. The normalized spacial score (nSPS) is 16.5. The van der Waals surface area contributed by atoms with Crippen LogP contribution in [0.15, 0.2) is 67.0 Å². The fraction of sp³-hybridized carbons (Fsp3) is 0.227. The van der Waals surface area contributed by atoms with Crippen molar-refractivity contribution >= 4 is 11.7 Å². The summed E-state index contributed by atoms with van der Waals surface area (Å²) in [6, 6.07) is 19.9. The number of nitrogens with zero attached hydrogens (tertiary/aromatic N) is 2. The van der Waals surface area contributed by atoms with E-state index in [9.17, 15) is 9.59 Å². The van der Waals surface area contributed by atoms with Gasteiger partial charge >= 0.3 is 0 Å². The molecule has 1 N–H and O–H groups in total. The number of rotatable bonds is 6. The predicted molar refractivity (Wildman–Crippen MR) is 102 cm³/mol. The number of ketones is 1. The van der Waals surface area contributed by atoms with E-state index in [1.807, 2.05) is 42.7 Å². The second-order valence-corrected chi connectivity index (χ2v) is 6.88. The number of benzene rings is 2. The van der Waals surface area contributed by atoms with Crippen molar-refractivity contribution in [3.8, 4) is 0 Å². The lowest BCUT2D eigenvalue weighted by Crippen LogP contribution is -2.32. The first-order valence-electron chi connectivity index (χ1n) is 9.12. The Morgan fingerprint density at radius 2 is 1.63 bits per heavy atom. The van der Waals surface area contributed by atoms with Crippen LogP contribution >= 0.6 is 0 Å². The zero-order valence-corrected chi connectivity index (χ0v) is 15.0. The SMILES string of the molecule is O=C1CC(=O)C(Cc2c(Cc3ccccc3)ncn2Cc2ccccc2)N1. The lowest BCUT2D eigenvalue weighted by Gasteiger charge is -2.14. The maximum atomic E-state index is 12.1. The molecule has 1 aliphatic heterocycles. The molecule has 1 amide bonds. The summed E-state index contributed by atoms with van der Waals surface area (Å²) in [6.07, 6.45) is 2.99. The Morgan fingerprint density at radius 3 is 2.26 bits per heavy atom. The number of hydrogen-bond donors (Lipinski definition) is 1. The highest BCUT2D eigenvalue weighted by Gasteiger charge is 2.31. The van der Waals surface area contributed by atoms with E-state index < -0.39 is 6.04 Å². The van der Waals surface area contributed by atoms with E-state index in [2.05, 4.69) is 39.1 Å². The molecule has 0 spiro atoms. The van der Waals surface area contributed by atoms with Gasteiger partial charge in [-0.15, -0.1) is 0 Å². The van der Waals surface area contributed by atoms with Gasteiger partial charge in [0.15, 0.2) is 5.78 Å². The summed E-state index contributed by atoms with van der Waals surface area (Å²) in [5, 5.41) is 2.79. The molecule has 3 aromatic rings. The predicted octanol–water partition coefficient (Wildman–Crippen LogP) is 2.52. The van der Waals surface area contributed by atoms with Crippen LogP contribution in [-0.4, -0.2) is 27.3 Å². The number of nitrogens with one attached hydrogen (secondary N) is 1. The van der Waals surface area contributed by atoms with Gasteiger partial charge in [0.2, 0.25) is 5.91 Å². The number of hydrogen-bond acceptors (Lipinski definition) is 3. The van der Waals surface area contributed by atoms with Gasteiger partial charge in [-0.3, -0.25) is 9.59 Å². The van der Waals surface area contributed by atoms with Crippen LogP contribution in [0, 0.1) is 0 Å². The lowest BCUT2D eigenvalue weighted by molar-refractivity contribution is -0.122. The molecule has 1 saturated heterocycles. The molecule has 1 fully saturated rings. The third kappa shape index (κ3) is 3.97. The highest BCUT2D eigenvalue weighted by atomic mass is 16.2. The molecule has 0 radical (unpaired) electrons. The monoisotopic (exact) mass is 359 g/mol. The van der Waals surface area contributed by atoms with Crippen LogP contribution in [0.3, 0.4) is 0 Å². The first kappa shape index (κ1) is 17.2. The Bertz CT molecular complexity index is 889. The van der Waals surface area contributed by atoms with Crippen molar-refractivity contribution in [3.05, 3.63) is 89.5 Å². The summed E-state index contributed by atoms with van der Waals surface area (Å²) >= 11 is 0. The Kier molecular flexibility index (Phi) is 4.83. The van der Waals surface area contributed by atoms with Crippen molar-refractivity contribution < 1.29 is 9.59 Å². The molecular formula is C22H21N3O2. The van der Waals surface area contributed by atoms with E-state index in [1.54, 1.807) is 0 Å². The Hall–Kier alpha value is -3.21. The topological polar surface area (TPSA) is 64.0 Å². The number of carbonyl (C=O) groups excluding carboxylic acids is 2. The molecule has 1 unspecified atom stereocenters. The van der Waals surface area contributed by atoms with Gasteiger partial charge in [0.25, 0.3) is 0 Å². The quantitative estimate of drug-likeness (QED) is 0.688. The van der Waals surface area contributed by atoms with Crippen LogP contribution in [0.1, 0.15) is 28.9 Å². The molecule has 1 aromatic heterocycles. The number of Topliss-reactive ketones (excluding diaryl/α,β-unsaturated/α-hetero) is 1. The van der Waals surface area contributed by atoms with Crippen LogP contribution in [0.25, 0.3) is 0 Å². The van der Waals surface area contributed by atoms with Crippen LogP contribution in [0.4, 0.5) is 0 Å². The Morgan fingerprint density at radius 1 is 0.963 bits per heavy atom. The van der Waals surface area contributed by atoms with Crippen molar-refractivity contribution in [1.29, 1.82) is 0 Å². The number of amides is 1. The molecule has 27 heavy (non-hydrogen) atoms. The molecule has 0 bridgehead atoms. The van der Waals surface area contributed by atoms with E-state index >= 15 is 0 Å². The van der Waals surface area contributed by atoms with Crippen molar-refractivity contribution in [2.24, 2.45) is 0 Å². The van der Waals surface area contributed by atoms with E-state index in [1.165, 1.54) is 11.1 Å². The third-order valence-corrected chi connectivity index (χ3v) is 4.90. The molecule has 2 heterocycles. The van der Waals surface area contributed by atoms with Gasteiger partial charge in [0, 0.05) is 25.1 Å². The van der Waals surface area contributed by atoms with Crippen LogP contribution < -0.4 is 5.32 Å². The zero-order chi connectivity index (χ0) is 18.6. The summed E-state index contributed by atoms with van der Waals surface area (Å²) in [6.45, 7) is 0.687. The van der Waals surface area contributed by atoms with E-state index in [-0.39, 0.29) is 18.1 Å². The first-order valence-corrected chi connectivity index (χ1v) is 9.12. The van der Waals surface area contributed by atoms with Crippen molar-refractivity contribution in [3.63, 3.8) is 0 Å². The second kappa shape index (κ2) is 7.58. The largest absolute Gasteiger partial charge is 0.345 e. The number of carbonyl (C=O) groups is 2. The fourth-order valence-electron chi connectivity index (χ4n) is 3.50. The summed E-state index contributed by atoms with van der Waals surface area (Å²) in [5.41, 5.74) is 4.30. The molecule has 4 rings (SSSR count).